The SMILES string of the molecule is CCCCN(CCCC)CC1(C)COCC1N. The number of unbranched alkanes of at least 4 members (excludes halogenated alkanes) is 2. The van der Waals surface area contributed by atoms with Crippen molar-refractivity contribution in [3.05, 3.63) is 0 Å². The highest BCUT2D eigenvalue weighted by atomic mass is 16.5. The summed E-state index contributed by atoms with van der Waals surface area (Å²) in [6, 6.07) is 0.202. The van der Waals surface area contributed by atoms with E-state index >= 15 is 0 Å². The fourth-order valence-electron chi connectivity index (χ4n) is 2.43. The molecule has 0 bridgehead atoms. The summed E-state index contributed by atoms with van der Waals surface area (Å²) >= 11 is 0. The Balaban J connectivity index is 2.45. The van der Waals surface area contributed by atoms with Gasteiger partial charge in [-0.1, -0.05) is 33.6 Å². The van der Waals surface area contributed by atoms with E-state index in [0.717, 1.165) is 19.8 Å². The smallest absolute Gasteiger partial charge is 0.0624 e. The normalized spacial score (nSPS) is 29.1. The molecular weight excluding hydrogens is 212 g/mol. The van der Waals surface area contributed by atoms with E-state index in [1.54, 1.807) is 0 Å². The van der Waals surface area contributed by atoms with Crippen LogP contribution in [0, 0.1) is 5.41 Å². The van der Waals surface area contributed by atoms with E-state index in [4.69, 9.17) is 10.5 Å². The standard InChI is InChI=1S/C14H30N2O/c1-4-6-8-16(9-7-5-2)11-14(3)12-17-10-13(14)15/h13H,4-12,15H2,1-3H3. The zero-order valence-corrected chi connectivity index (χ0v) is 11.9. The van der Waals surface area contributed by atoms with Crippen molar-refractivity contribution in [2.45, 2.75) is 52.5 Å². The first-order valence-electron chi connectivity index (χ1n) is 7.18. The number of rotatable bonds is 8. The topological polar surface area (TPSA) is 38.5 Å². The summed E-state index contributed by atoms with van der Waals surface area (Å²) in [5.74, 6) is 0. The van der Waals surface area contributed by atoms with Crippen molar-refractivity contribution in [2.75, 3.05) is 32.8 Å². The molecule has 102 valence electrons. The second-order valence-electron chi connectivity index (χ2n) is 5.76. The van der Waals surface area contributed by atoms with Crippen LogP contribution in [0.5, 0.6) is 0 Å². The maximum absolute atomic E-state index is 6.17. The van der Waals surface area contributed by atoms with Crippen molar-refractivity contribution in [2.24, 2.45) is 11.1 Å². The van der Waals surface area contributed by atoms with Gasteiger partial charge in [0.2, 0.25) is 0 Å². The van der Waals surface area contributed by atoms with E-state index in [1.165, 1.54) is 38.8 Å². The highest BCUT2D eigenvalue weighted by Crippen LogP contribution is 2.28. The summed E-state index contributed by atoms with van der Waals surface area (Å²) in [7, 11) is 0. The summed E-state index contributed by atoms with van der Waals surface area (Å²) in [5, 5.41) is 0. The lowest BCUT2D eigenvalue weighted by molar-refractivity contribution is 0.117. The molecule has 1 aliphatic heterocycles. The molecular formula is C14H30N2O. The Morgan fingerprint density at radius 2 is 1.82 bits per heavy atom. The van der Waals surface area contributed by atoms with E-state index in [0.29, 0.717) is 0 Å². The fraction of sp³-hybridized carbons (Fsp3) is 1.00. The van der Waals surface area contributed by atoms with E-state index in [1.807, 2.05) is 0 Å². The molecule has 1 saturated heterocycles. The summed E-state index contributed by atoms with van der Waals surface area (Å²) in [5.41, 5.74) is 6.32. The lowest BCUT2D eigenvalue weighted by Crippen LogP contribution is -2.47. The average Bonchev–Trinajstić information content (AvgIpc) is 2.63. The second kappa shape index (κ2) is 7.34. The van der Waals surface area contributed by atoms with Gasteiger partial charge in [0.25, 0.3) is 0 Å². The van der Waals surface area contributed by atoms with Gasteiger partial charge in [0.05, 0.1) is 13.2 Å². The van der Waals surface area contributed by atoms with Crippen LogP contribution in [0.2, 0.25) is 0 Å². The monoisotopic (exact) mass is 242 g/mol. The molecule has 2 N–H and O–H groups in total. The highest BCUT2D eigenvalue weighted by Gasteiger charge is 2.38. The molecule has 2 unspecified atom stereocenters. The quantitative estimate of drug-likeness (QED) is 0.709. The van der Waals surface area contributed by atoms with Crippen LogP contribution < -0.4 is 5.73 Å². The van der Waals surface area contributed by atoms with E-state index in [-0.39, 0.29) is 11.5 Å². The molecule has 1 rings (SSSR count). The van der Waals surface area contributed by atoms with Gasteiger partial charge >= 0.3 is 0 Å². The van der Waals surface area contributed by atoms with Crippen molar-refractivity contribution in [3.8, 4) is 0 Å². The van der Waals surface area contributed by atoms with E-state index < -0.39 is 0 Å². The largest absolute Gasteiger partial charge is 0.379 e. The second-order valence-corrected chi connectivity index (χ2v) is 5.76. The van der Waals surface area contributed by atoms with Gasteiger partial charge in [0, 0.05) is 18.0 Å². The van der Waals surface area contributed by atoms with Gasteiger partial charge in [0.15, 0.2) is 0 Å². The molecule has 0 aromatic rings. The molecule has 0 saturated carbocycles. The lowest BCUT2D eigenvalue weighted by atomic mass is 9.85. The van der Waals surface area contributed by atoms with Crippen LogP contribution >= 0.6 is 0 Å². The van der Waals surface area contributed by atoms with Gasteiger partial charge in [0.1, 0.15) is 0 Å². The minimum atomic E-state index is 0.154. The van der Waals surface area contributed by atoms with Gasteiger partial charge in [-0.2, -0.15) is 0 Å². The zero-order chi connectivity index (χ0) is 12.7. The molecule has 0 aromatic heterocycles. The number of nitrogens with two attached hydrogens (primary N) is 1. The van der Waals surface area contributed by atoms with E-state index in [9.17, 15) is 0 Å². The maximum Gasteiger partial charge on any atom is 0.0624 e. The summed E-state index contributed by atoms with van der Waals surface area (Å²) in [4.78, 5) is 2.58. The third kappa shape index (κ3) is 4.57. The average molecular weight is 242 g/mol. The number of ether oxygens (including phenoxy) is 1. The predicted octanol–water partition coefficient (Wildman–Crippen LogP) is 2.25. The molecule has 1 fully saturated rings. The Hall–Kier alpha value is -0.120. The molecule has 2 atom stereocenters. The molecule has 3 nitrogen and oxygen atoms in total. The molecule has 0 amide bonds. The lowest BCUT2D eigenvalue weighted by Gasteiger charge is -2.34. The summed E-state index contributed by atoms with van der Waals surface area (Å²) in [6.45, 7) is 11.8. The van der Waals surface area contributed by atoms with Crippen molar-refractivity contribution < 1.29 is 4.74 Å². The van der Waals surface area contributed by atoms with Crippen LogP contribution in [0.25, 0.3) is 0 Å². The van der Waals surface area contributed by atoms with Crippen LogP contribution in [-0.2, 0) is 4.74 Å². The molecule has 1 aliphatic rings. The first-order chi connectivity index (χ1) is 8.12. The van der Waals surface area contributed by atoms with Crippen LogP contribution in [0.4, 0.5) is 0 Å². The van der Waals surface area contributed by atoms with Gasteiger partial charge < -0.3 is 15.4 Å². The summed E-state index contributed by atoms with van der Waals surface area (Å²) < 4.78 is 5.53. The van der Waals surface area contributed by atoms with Gasteiger partial charge in [-0.05, 0) is 25.9 Å². The molecule has 0 radical (unpaired) electrons. The van der Waals surface area contributed by atoms with Crippen molar-refractivity contribution in [3.63, 3.8) is 0 Å². The fourth-order valence-corrected chi connectivity index (χ4v) is 2.43. The highest BCUT2D eigenvalue weighted by molar-refractivity contribution is 4.92. The van der Waals surface area contributed by atoms with Gasteiger partial charge in [-0.25, -0.2) is 0 Å². The predicted molar refractivity (Wildman–Crippen MR) is 73.2 cm³/mol. The maximum atomic E-state index is 6.17. The minimum absolute atomic E-state index is 0.154. The van der Waals surface area contributed by atoms with E-state index in [2.05, 4.69) is 25.7 Å². The molecule has 0 aliphatic carbocycles. The van der Waals surface area contributed by atoms with Crippen LogP contribution in [0.3, 0.4) is 0 Å². The third-order valence-electron chi connectivity index (χ3n) is 3.86. The first-order valence-corrected chi connectivity index (χ1v) is 7.18. The minimum Gasteiger partial charge on any atom is -0.379 e. The first kappa shape index (κ1) is 14.9. The number of hydrogen-bond donors (Lipinski definition) is 1. The Labute approximate surface area is 107 Å². The van der Waals surface area contributed by atoms with Gasteiger partial charge in [-0.15, -0.1) is 0 Å². The van der Waals surface area contributed by atoms with Crippen LogP contribution in [0.15, 0.2) is 0 Å². The molecule has 3 heteroatoms. The number of nitrogens with zero attached hydrogens (tertiary/aromatic N) is 1. The van der Waals surface area contributed by atoms with Gasteiger partial charge in [-0.3, -0.25) is 0 Å². The van der Waals surface area contributed by atoms with Crippen LogP contribution in [0.1, 0.15) is 46.5 Å². The van der Waals surface area contributed by atoms with Crippen LogP contribution in [-0.4, -0.2) is 43.8 Å². The Morgan fingerprint density at radius 1 is 1.24 bits per heavy atom. The Morgan fingerprint density at radius 3 is 2.24 bits per heavy atom. The van der Waals surface area contributed by atoms with Crippen molar-refractivity contribution in [1.82, 2.24) is 4.90 Å². The van der Waals surface area contributed by atoms with Crippen molar-refractivity contribution >= 4 is 0 Å². The number of hydrogen-bond acceptors (Lipinski definition) is 3. The molecule has 17 heavy (non-hydrogen) atoms. The molecule has 1 heterocycles. The zero-order valence-electron chi connectivity index (χ0n) is 11.9. The molecule has 0 spiro atoms. The van der Waals surface area contributed by atoms with Crippen molar-refractivity contribution in [1.29, 1.82) is 0 Å². The summed E-state index contributed by atoms with van der Waals surface area (Å²) in [6.07, 6.45) is 5.11. The molecule has 0 aromatic carbocycles. The Kier molecular flexibility index (Phi) is 6.45. The third-order valence-corrected chi connectivity index (χ3v) is 3.86. The Bertz CT molecular complexity index is 202.